The fourth-order valence-electron chi connectivity index (χ4n) is 3.24. The van der Waals surface area contributed by atoms with Crippen molar-refractivity contribution in [1.82, 2.24) is 0 Å². The van der Waals surface area contributed by atoms with Gasteiger partial charge in [-0.15, -0.1) is 0 Å². The van der Waals surface area contributed by atoms with Crippen molar-refractivity contribution in [3.05, 3.63) is 71.3 Å². The van der Waals surface area contributed by atoms with Crippen LogP contribution in [-0.4, -0.2) is 25.4 Å². The number of benzene rings is 2. The van der Waals surface area contributed by atoms with Crippen molar-refractivity contribution in [2.75, 3.05) is 7.11 Å². The van der Waals surface area contributed by atoms with Crippen LogP contribution in [0, 0.1) is 41.4 Å². The Morgan fingerprint density at radius 1 is 0.833 bits per heavy atom. The molecule has 0 unspecified atom stereocenters. The van der Waals surface area contributed by atoms with Gasteiger partial charge in [0.2, 0.25) is 0 Å². The Morgan fingerprint density at radius 3 is 1.92 bits per heavy atom. The number of hydrogen-bond donors (Lipinski definition) is 0. The topological polar surface area (TPSA) is 35.5 Å². The zero-order valence-corrected chi connectivity index (χ0v) is 21.2. The molecule has 2 aromatic rings. The lowest BCUT2D eigenvalue weighted by molar-refractivity contribution is -0.277. The molecule has 3 nitrogen and oxygen atoms in total. The van der Waals surface area contributed by atoms with Gasteiger partial charge in [-0.3, -0.25) is 0 Å². The zero-order chi connectivity index (χ0) is 27.0. The fourth-order valence-corrected chi connectivity index (χ4v) is 3.24. The maximum absolute atomic E-state index is 14.1. The van der Waals surface area contributed by atoms with E-state index >= 15 is 0 Å². The van der Waals surface area contributed by atoms with Crippen LogP contribution in [0.2, 0.25) is 0 Å². The van der Waals surface area contributed by atoms with Gasteiger partial charge in [0.25, 0.3) is 5.60 Å². The minimum atomic E-state index is -5.06. The number of carbonyl (C=O) groups is 1. The van der Waals surface area contributed by atoms with Crippen molar-refractivity contribution in [1.29, 1.82) is 0 Å². The predicted molar refractivity (Wildman–Crippen MR) is 133 cm³/mol. The number of rotatable bonds is 5. The molecule has 2 aromatic carbocycles. The summed E-state index contributed by atoms with van der Waals surface area (Å²) in [5.41, 5.74) is -1.63. The molecule has 0 N–H and O–H groups in total. The van der Waals surface area contributed by atoms with Crippen LogP contribution in [0.1, 0.15) is 51.3 Å². The van der Waals surface area contributed by atoms with Crippen molar-refractivity contribution in [3.8, 4) is 35.5 Å². The Morgan fingerprint density at radius 2 is 1.42 bits per heavy atom. The highest BCUT2D eigenvalue weighted by atomic mass is 19.4. The van der Waals surface area contributed by atoms with Gasteiger partial charge in [0.15, 0.2) is 6.10 Å². The molecule has 0 aliphatic heterocycles. The Kier molecular flexibility index (Phi) is 9.41. The highest BCUT2D eigenvalue weighted by Gasteiger charge is 2.64. The van der Waals surface area contributed by atoms with Crippen LogP contribution < -0.4 is 0 Å². The van der Waals surface area contributed by atoms with Crippen molar-refractivity contribution in [3.63, 3.8) is 0 Å². The van der Waals surface area contributed by atoms with Gasteiger partial charge in [0, 0.05) is 24.2 Å². The largest absolute Gasteiger partial charge is 0.446 e. The smallest absolute Gasteiger partial charge is 0.432 e. The molecule has 0 spiro atoms. The van der Waals surface area contributed by atoms with Crippen LogP contribution >= 0.6 is 0 Å². The highest BCUT2D eigenvalue weighted by Crippen LogP contribution is 2.43. The molecule has 188 valence electrons. The van der Waals surface area contributed by atoms with Gasteiger partial charge >= 0.3 is 12.1 Å². The lowest BCUT2D eigenvalue weighted by atomic mass is 9.87. The second-order valence-electron chi connectivity index (χ2n) is 9.42. The first-order valence-corrected chi connectivity index (χ1v) is 11.3. The van der Waals surface area contributed by atoms with Gasteiger partial charge in [-0.1, -0.05) is 83.0 Å². The summed E-state index contributed by atoms with van der Waals surface area (Å²) >= 11 is 0. The molecule has 0 saturated heterocycles. The fraction of sp³-hybridized carbons (Fsp3) is 0.367. The first-order valence-electron chi connectivity index (χ1n) is 11.3. The summed E-state index contributed by atoms with van der Waals surface area (Å²) in [5, 5.41) is 0. The van der Waals surface area contributed by atoms with E-state index in [4.69, 9.17) is 9.47 Å². The van der Waals surface area contributed by atoms with Crippen molar-refractivity contribution < 1.29 is 27.4 Å². The van der Waals surface area contributed by atoms with Crippen LogP contribution in [0.3, 0.4) is 0 Å². The predicted octanol–water partition coefficient (Wildman–Crippen LogP) is 6.01. The molecule has 2 atom stereocenters. The zero-order valence-electron chi connectivity index (χ0n) is 21.2. The van der Waals surface area contributed by atoms with Crippen LogP contribution in [0.15, 0.2) is 54.6 Å². The number of methoxy groups -OCH3 is 1. The molecule has 0 fully saturated rings. The number of esters is 1. The molecule has 6 heteroatoms. The van der Waals surface area contributed by atoms with Crippen LogP contribution in [0.25, 0.3) is 0 Å². The van der Waals surface area contributed by atoms with Gasteiger partial charge in [0.1, 0.15) is 0 Å². The molecule has 0 aliphatic rings. The third-order valence-corrected chi connectivity index (χ3v) is 5.37. The lowest BCUT2D eigenvalue weighted by Crippen LogP contribution is -2.52. The van der Waals surface area contributed by atoms with Crippen molar-refractivity contribution in [2.45, 2.75) is 57.9 Å². The molecule has 0 bridgehead atoms. The van der Waals surface area contributed by atoms with E-state index in [1.54, 1.807) is 13.8 Å². The summed E-state index contributed by atoms with van der Waals surface area (Å²) in [6, 6.07) is 14.5. The third-order valence-electron chi connectivity index (χ3n) is 5.37. The Balaban J connectivity index is 2.21. The van der Waals surface area contributed by atoms with Gasteiger partial charge < -0.3 is 9.47 Å². The molecule has 0 saturated carbocycles. The molecular weight excluding hydrogens is 465 g/mol. The second kappa shape index (κ2) is 11.9. The summed E-state index contributed by atoms with van der Waals surface area (Å²) in [5.74, 6) is 13.9. The molecule has 0 heterocycles. The minimum Gasteiger partial charge on any atom is -0.446 e. The summed E-state index contributed by atoms with van der Waals surface area (Å²) in [6.45, 7) is 9.72. The molecule has 2 rings (SSSR count). The number of carbonyl (C=O) groups excluding carboxylic acids is 1. The van der Waals surface area contributed by atoms with Gasteiger partial charge in [-0.2, -0.15) is 13.2 Å². The molecule has 0 radical (unpaired) electrons. The molecular formula is C30H29F3O3. The Hall–Kier alpha value is -3.66. The Labute approximate surface area is 211 Å². The normalized spacial score (nSPS) is 13.6. The summed E-state index contributed by atoms with van der Waals surface area (Å²) in [7, 11) is 0.818. The van der Waals surface area contributed by atoms with E-state index in [1.807, 2.05) is 24.3 Å². The molecule has 0 aliphatic carbocycles. The van der Waals surface area contributed by atoms with Crippen LogP contribution in [-0.2, 0) is 25.3 Å². The standard InChI is InChI=1S/C30H29F3O3/c1-22(2)26(17-13-8-7-10-14-23-18-20-24(21-19-23)28(3,4)5)36-27(34)29(35-6,30(31,32)33)25-15-11-9-12-16-25/h9,11-12,15-16,18-22,26H,1-6H3/t26-,29-/m1/s1. The van der Waals surface area contributed by atoms with E-state index in [0.29, 0.717) is 0 Å². The quantitative estimate of drug-likeness (QED) is 0.377. The number of ether oxygens (including phenoxy) is 2. The van der Waals surface area contributed by atoms with Crippen LogP contribution in [0.5, 0.6) is 0 Å². The van der Waals surface area contributed by atoms with Gasteiger partial charge in [-0.25, -0.2) is 4.79 Å². The maximum atomic E-state index is 14.1. The second-order valence-corrected chi connectivity index (χ2v) is 9.42. The van der Waals surface area contributed by atoms with E-state index < -0.39 is 29.8 Å². The third kappa shape index (κ3) is 6.94. The summed E-state index contributed by atoms with van der Waals surface area (Å²) < 4.78 is 52.2. The number of halogens is 3. The lowest BCUT2D eigenvalue weighted by Gasteiger charge is -2.33. The first-order chi connectivity index (χ1) is 16.8. The van der Waals surface area contributed by atoms with E-state index in [1.165, 1.54) is 23.8 Å². The van der Waals surface area contributed by atoms with Gasteiger partial charge in [-0.05, 0) is 52.7 Å². The average Bonchev–Trinajstić information content (AvgIpc) is 2.80. The maximum Gasteiger partial charge on any atom is 0.432 e. The molecule has 0 aromatic heterocycles. The molecule has 0 amide bonds. The average molecular weight is 495 g/mol. The van der Waals surface area contributed by atoms with E-state index in [0.717, 1.165) is 24.8 Å². The minimum absolute atomic E-state index is 0.0435. The number of hydrogen-bond acceptors (Lipinski definition) is 3. The number of alkyl halides is 3. The van der Waals surface area contributed by atoms with Gasteiger partial charge in [0.05, 0.1) is 0 Å². The van der Waals surface area contributed by atoms with Crippen molar-refractivity contribution in [2.24, 2.45) is 5.92 Å². The summed E-state index contributed by atoms with van der Waals surface area (Å²) in [6.07, 6.45) is -6.19. The molecule has 36 heavy (non-hydrogen) atoms. The summed E-state index contributed by atoms with van der Waals surface area (Å²) in [4.78, 5) is 12.8. The van der Waals surface area contributed by atoms with Crippen molar-refractivity contribution >= 4 is 5.97 Å². The van der Waals surface area contributed by atoms with Crippen LogP contribution in [0.4, 0.5) is 13.2 Å². The SMILES string of the molecule is CO[C@@](C(=O)O[C@H](C#CC#CC#Cc1ccc(C(C)(C)C)cc1)C(C)C)(c1ccccc1)C(F)(F)F. The van der Waals surface area contributed by atoms with E-state index in [9.17, 15) is 18.0 Å². The van der Waals surface area contributed by atoms with E-state index in [-0.39, 0.29) is 11.0 Å². The first kappa shape index (κ1) is 28.6. The highest BCUT2D eigenvalue weighted by molar-refractivity contribution is 5.83. The monoisotopic (exact) mass is 494 g/mol. The Bertz CT molecular complexity index is 1220. The van der Waals surface area contributed by atoms with E-state index in [2.05, 4.69) is 56.3 Å².